The summed E-state index contributed by atoms with van der Waals surface area (Å²) in [7, 11) is -2.86. The van der Waals surface area contributed by atoms with E-state index in [4.69, 9.17) is 14.6 Å². The van der Waals surface area contributed by atoms with Crippen LogP contribution in [0.2, 0.25) is 0 Å². The molecule has 1 aliphatic rings. The highest BCUT2D eigenvalue weighted by Crippen LogP contribution is 2.33. The van der Waals surface area contributed by atoms with E-state index in [0.29, 0.717) is 44.3 Å². The van der Waals surface area contributed by atoms with Gasteiger partial charge in [0.1, 0.15) is 22.2 Å². The summed E-state index contributed by atoms with van der Waals surface area (Å²) >= 11 is 0. The summed E-state index contributed by atoms with van der Waals surface area (Å²) in [6, 6.07) is 10.1. The molecule has 0 radical (unpaired) electrons. The second-order valence-electron chi connectivity index (χ2n) is 11.7. The number of carboxylic acid groups (broad SMARTS) is 1. The second kappa shape index (κ2) is 18.6. The molecule has 1 fully saturated rings. The van der Waals surface area contributed by atoms with Crippen LogP contribution in [0.3, 0.4) is 0 Å². The van der Waals surface area contributed by atoms with E-state index in [9.17, 15) is 47.9 Å². The lowest BCUT2D eigenvalue weighted by atomic mass is 9.82. The molecule has 1 saturated carbocycles. The van der Waals surface area contributed by atoms with Crippen molar-refractivity contribution in [2.75, 3.05) is 57.2 Å². The average Bonchev–Trinajstić information content (AvgIpc) is 3.08. The molecule has 3 aromatic rings. The Labute approximate surface area is 297 Å². The number of rotatable bonds is 15. The number of aromatic nitrogens is 2. The van der Waals surface area contributed by atoms with Crippen molar-refractivity contribution in [3.63, 3.8) is 0 Å². The number of carboxylic acids is 1. The van der Waals surface area contributed by atoms with E-state index in [-0.39, 0.29) is 18.4 Å². The lowest BCUT2D eigenvalue weighted by Gasteiger charge is -2.29. The number of para-hydroxylation sites is 1. The molecule has 1 aromatic heterocycles. The van der Waals surface area contributed by atoms with E-state index in [1.165, 1.54) is 0 Å². The Morgan fingerprint density at radius 1 is 0.849 bits per heavy atom. The Morgan fingerprint density at radius 3 is 2.02 bits per heavy atom. The van der Waals surface area contributed by atoms with Gasteiger partial charge < -0.3 is 30.0 Å². The number of carbonyl (C=O) groups is 1. The number of nitrogens with zero attached hydrogens (tertiary/aromatic N) is 2. The summed E-state index contributed by atoms with van der Waals surface area (Å²) < 4.78 is 151. The third kappa shape index (κ3) is 14.9. The number of fused-ring (bicyclic) bond motifs is 1. The van der Waals surface area contributed by atoms with Gasteiger partial charge in [0.25, 0.3) is 0 Å². The molecule has 1 heterocycles. The third-order valence-electron chi connectivity index (χ3n) is 7.52. The molecule has 2 aromatic carbocycles. The lowest BCUT2D eigenvalue weighted by Crippen LogP contribution is -2.33. The van der Waals surface area contributed by atoms with E-state index >= 15 is 0 Å². The molecule has 1 aliphatic carbocycles. The summed E-state index contributed by atoms with van der Waals surface area (Å²) in [5.41, 5.74) is 0.778. The minimum atomic E-state index is -5.08. The molecule has 0 amide bonds. The van der Waals surface area contributed by atoms with Crippen LogP contribution in [-0.4, -0.2) is 94.6 Å². The smallest absolute Gasteiger partial charge is 0.484 e. The molecule has 4 N–H and O–H groups in total. The summed E-state index contributed by atoms with van der Waals surface area (Å²) in [5.74, 6) is -2.55. The van der Waals surface area contributed by atoms with Crippen molar-refractivity contribution in [3.05, 3.63) is 42.5 Å². The number of benzene rings is 2. The number of anilines is 2. The van der Waals surface area contributed by atoms with Crippen molar-refractivity contribution in [2.24, 2.45) is 11.8 Å². The van der Waals surface area contributed by atoms with Crippen LogP contribution in [0, 0.1) is 11.8 Å². The predicted octanol–water partition coefficient (Wildman–Crippen LogP) is 6.40. The molecule has 296 valence electrons. The summed E-state index contributed by atoms with van der Waals surface area (Å²) in [5, 5.41) is 14.6. The fourth-order valence-electron chi connectivity index (χ4n) is 4.97. The largest absolute Gasteiger partial charge is 0.490 e. The Kier molecular flexibility index (Phi) is 15.2. The summed E-state index contributed by atoms with van der Waals surface area (Å²) in [4.78, 5) is 17.4. The zero-order valence-corrected chi connectivity index (χ0v) is 28.7. The Hall–Kier alpha value is -4.31. The average molecular weight is 794 g/mol. The van der Waals surface area contributed by atoms with E-state index in [2.05, 4.69) is 34.8 Å². The van der Waals surface area contributed by atoms with Gasteiger partial charge in [-0.3, -0.25) is 0 Å². The van der Waals surface area contributed by atoms with E-state index in [1.54, 1.807) is 7.11 Å². The second-order valence-corrected chi connectivity index (χ2v) is 13.4. The van der Waals surface area contributed by atoms with Gasteiger partial charge in [-0.15, -0.1) is 0 Å². The molecule has 0 saturated heterocycles. The van der Waals surface area contributed by atoms with Crippen molar-refractivity contribution < 1.29 is 72.0 Å². The number of aliphatic carboxylic acids is 1. The molecule has 0 aliphatic heterocycles. The van der Waals surface area contributed by atoms with Crippen LogP contribution in [0.25, 0.3) is 10.9 Å². The van der Waals surface area contributed by atoms with E-state index in [0.717, 1.165) is 41.9 Å². The molecular weight excluding hydrogens is 757 g/mol. The van der Waals surface area contributed by atoms with Gasteiger partial charge in [0.15, 0.2) is 13.2 Å². The monoisotopic (exact) mass is 793 g/mol. The van der Waals surface area contributed by atoms with Crippen LogP contribution in [0.1, 0.15) is 25.7 Å². The quantitative estimate of drug-likeness (QED) is 0.0996. The molecule has 0 unspecified atom stereocenters. The van der Waals surface area contributed by atoms with Gasteiger partial charge in [0, 0.05) is 38.2 Å². The van der Waals surface area contributed by atoms with Crippen LogP contribution in [-0.2, 0) is 19.6 Å². The predicted molar refractivity (Wildman–Crippen MR) is 172 cm³/mol. The maximum absolute atomic E-state index is 13.1. The molecular formula is C31H36F9N5O7S. The number of alkyl halides is 9. The molecule has 0 atom stereocenters. The van der Waals surface area contributed by atoms with Crippen molar-refractivity contribution in [3.8, 4) is 11.5 Å². The van der Waals surface area contributed by atoms with Gasteiger partial charge in [0.2, 0.25) is 16.0 Å². The first-order valence-corrected chi connectivity index (χ1v) is 17.2. The first kappa shape index (κ1) is 43.1. The van der Waals surface area contributed by atoms with Crippen LogP contribution in [0.5, 0.6) is 11.5 Å². The zero-order chi connectivity index (χ0) is 39.5. The van der Waals surface area contributed by atoms with Gasteiger partial charge in [-0.25, -0.2) is 22.9 Å². The van der Waals surface area contributed by atoms with Crippen molar-refractivity contribution in [1.29, 1.82) is 0 Å². The van der Waals surface area contributed by atoms with Gasteiger partial charge in [-0.2, -0.15) is 44.5 Å². The minimum Gasteiger partial charge on any atom is -0.484 e. The summed E-state index contributed by atoms with van der Waals surface area (Å²) in [6.45, 7) is -1.83. The molecule has 4 rings (SSSR count). The molecule has 12 nitrogen and oxygen atoms in total. The molecule has 0 bridgehead atoms. The van der Waals surface area contributed by atoms with Gasteiger partial charge >= 0.3 is 24.5 Å². The van der Waals surface area contributed by atoms with Crippen molar-refractivity contribution >= 4 is 38.7 Å². The topological polar surface area (TPSA) is 161 Å². The van der Waals surface area contributed by atoms with Crippen LogP contribution < -0.4 is 24.8 Å². The highest BCUT2D eigenvalue weighted by Gasteiger charge is 2.38. The first-order valence-electron chi connectivity index (χ1n) is 15.7. The summed E-state index contributed by atoms with van der Waals surface area (Å²) in [6.07, 6.45) is -11.7. The number of methoxy groups -OCH3 is 1. The van der Waals surface area contributed by atoms with Crippen LogP contribution in [0.15, 0.2) is 47.4 Å². The van der Waals surface area contributed by atoms with E-state index < -0.39 is 64.1 Å². The van der Waals surface area contributed by atoms with Crippen LogP contribution >= 0.6 is 0 Å². The first-order chi connectivity index (χ1) is 24.7. The Balaban J connectivity index is 0.000000980. The number of nitrogens with one attached hydrogen (secondary N) is 3. The number of sulfonamides is 1. The third-order valence-corrected chi connectivity index (χ3v) is 8.96. The fourth-order valence-corrected chi connectivity index (χ4v) is 6.25. The lowest BCUT2D eigenvalue weighted by molar-refractivity contribution is -0.192. The van der Waals surface area contributed by atoms with E-state index in [1.807, 2.05) is 24.3 Å². The number of halogens is 9. The highest BCUT2D eigenvalue weighted by atomic mass is 32.2. The van der Waals surface area contributed by atoms with Gasteiger partial charge in [0.05, 0.1) is 12.1 Å². The molecule has 53 heavy (non-hydrogen) atoms. The van der Waals surface area contributed by atoms with Crippen LogP contribution in [0.4, 0.5) is 51.3 Å². The Morgan fingerprint density at radius 2 is 1.43 bits per heavy atom. The maximum atomic E-state index is 13.1. The van der Waals surface area contributed by atoms with Crippen molar-refractivity contribution in [1.82, 2.24) is 14.7 Å². The maximum Gasteiger partial charge on any atom is 0.490 e. The van der Waals surface area contributed by atoms with Crippen molar-refractivity contribution in [2.45, 2.75) is 49.1 Å². The SMILES string of the molecule is COCCNc1nc(NCC2CCC(CNS(=O)(=O)c3cc(OCC(F)(F)F)ccc3OCC(F)(F)F)CC2)nc2ccccc12.O=C(O)C(F)(F)F. The minimum absolute atomic E-state index is 0.0148. The molecule has 0 spiro atoms. The Bertz CT molecular complexity index is 1750. The fraction of sp³-hybridized carbons (Fsp3) is 0.516. The van der Waals surface area contributed by atoms with Gasteiger partial charge in [-0.05, 0) is 61.8 Å². The number of hydrogen-bond acceptors (Lipinski definition) is 10. The van der Waals surface area contributed by atoms with Gasteiger partial charge in [-0.1, -0.05) is 12.1 Å². The standard InChI is InChI=1S/C29H35F6N5O5S.C2HF3O2/c1-43-13-12-36-26-22-4-2-3-5-23(22)39-27(40-26)37-15-19-6-8-20(9-7-19)16-38-46(41,42)25-14-21(44-17-28(30,31)32)10-11-24(25)45-18-29(33,34)35;3-2(4,5)1(6)7/h2-5,10-11,14,19-20,38H,6-9,12-13,15-18H2,1H3,(H2,36,37,39,40);(H,6,7). The zero-order valence-electron chi connectivity index (χ0n) is 27.9. The normalized spacial score (nSPS) is 16.7. The number of hydrogen-bond donors (Lipinski definition) is 4. The molecule has 22 heteroatoms. The number of ether oxygens (including phenoxy) is 3. The highest BCUT2D eigenvalue weighted by molar-refractivity contribution is 7.89.